The molecule has 0 fully saturated rings. The summed E-state index contributed by atoms with van der Waals surface area (Å²) in [7, 11) is 0. The first kappa shape index (κ1) is 15.4. The van der Waals surface area contributed by atoms with E-state index in [1.807, 2.05) is 6.07 Å². The van der Waals surface area contributed by atoms with Crippen LogP contribution >= 0.6 is 0 Å². The van der Waals surface area contributed by atoms with Crippen LogP contribution in [0, 0.1) is 24.4 Å². The van der Waals surface area contributed by atoms with Crippen LogP contribution in [0.4, 0.5) is 13.2 Å². The molecule has 0 heterocycles. The summed E-state index contributed by atoms with van der Waals surface area (Å²) >= 11 is 0. The first-order chi connectivity index (χ1) is 10.0. The van der Waals surface area contributed by atoms with Gasteiger partial charge in [0.25, 0.3) is 0 Å². The predicted octanol–water partition coefficient (Wildman–Crippen LogP) is 3.88. The van der Waals surface area contributed by atoms with Gasteiger partial charge >= 0.3 is 0 Å². The second kappa shape index (κ2) is 6.63. The van der Waals surface area contributed by atoms with E-state index < -0.39 is 29.3 Å². The van der Waals surface area contributed by atoms with Gasteiger partial charge in [-0.3, -0.25) is 0 Å². The molecule has 0 saturated carbocycles. The Morgan fingerprint density at radius 3 is 2.38 bits per heavy atom. The SMILES string of the molecule is Cc1c(F)cc(OC(CCN)c2ccccc2)c(F)c1F. The van der Waals surface area contributed by atoms with Gasteiger partial charge in [-0.25, -0.2) is 8.78 Å². The third-order valence-electron chi connectivity index (χ3n) is 3.22. The second-order valence-electron chi connectivity index (χ2n) is 4.70. The Balaban J connectivity index is 2.34. The van der Waals surface area contributed by atoms with E-state index in [4.69, 9.17) is 10.5 Å². The van der Waals surface area contributed by atoms with Crippen molar-refractivity contribution >= 4 is 0 Å². The molecular weight excluding hydrogens is 279 g/mol. The molecule has 2 aromatic rings. The van der Waals surface area contributed by atoms with Crippen molar-refractivity contribution in [2.45, 2.75) is 19.4 Å². The van der Waals surface area contributed by atoms with E-state index in [0.29, 0.717) is 13.0 Å². The molecule has 0 spiro atoms. The Bertz CT molecular complexity index is 617. The quantitative estimate of drug-likeness (QED) is 0.850. The third kappa shape index (κ3) is 3.36. The van der Waals surface area contributed by atoms with Crippen molar-refractivity contribution in [2.75, 3.05) is 6.54 Å². The van der Waals surface area contributed by atoms with Crippen molar-refractivity contribution in [1.82, 2.24) is 0 Å². The fourth-order valence-electron chi connectivity index (χ4n) is 2.02. The highest BCUT2D eigenvalue weighted by atomic mass is 19.2. The Morgan fingerprint density at radius 2 is 1.76 bits per heavy atom. The predicted molar refractivity (Wildman–Crippen MR) is 74.5 cm³/mol. The third-order valence-corrected chi connectivity index (χ3v) is 3.22. The summed E-state index contributed by atoms with van der Waals surface area (Å²) in [6, 6.07) is 9.87. The number of hydrogen-bond donors (Lipinski definition) is 1. The molecule has 0 aliphatic carbocycles. The van der Waals surface area contributed by atoms with Gasteiger partial charge in [-0.2, -0.15) is 4.39 Å². The van der Waals surface area contributed by atoms with Crippen molar-refractivity contribution in [3.05, 3.63) is 65.0 Å². The molecule has 2 nitrogen and oxygen atoms in total. The van der Waals surface area contributed by atoms with Crippen molar-refractivity contribution in [3.8, 4) is 5.75 Å². The van der Waals surface area contributed by atoms with Gasteiger partial charge in [0.15, 0.2) is 11.6 Å². The number of rotatable bonds is 5. The zero-order chi connectivity index (χ0) is 15.4. The number of ether oxygens (including phenoxy) is 1. The zero-order valence-electron chi connectivity index (χ0n) is 11.6. The van der Waals surface area contributed by atoms with Gasteiger partial charge in [0.2, 0.25) is 5.82 Å². The molecule has 5 heteroatoms. The van der Waals surface area contributed by atoms with Gasteiger partial charge < -0.3 is 10.5 Å². The molecule has 1 atom stereocenters. The van der Waals surface area contributed by atoms with Gasteiger partial charge in [-0.05, 0) is 19.0 Å². The molecule has 112 valence electrons. The van der Waals surface area contributed by atoms with Gasteiger partial charge in [-0.15, -0.1) is 0 Å². The molecule has 1 unspecified atom stereocenters. The lowest BCUT2D eigenvalue weighted by Crippen LogP contribution is -2.14. The molecule has 2 aromatic carbocycles. The Labute approximate surface area is 121 Å². The number of halogens is 3. The smallest absolute Gasteiger partial charge is 0.201 e. The van der Waals surface area contributed by atoms with E-state index in [9.17, 15) is 13.2 Å². The van der Waals surface area contributed by atoms with Gasteiger partial charge in [0.1, 0.15) is 11.9 Å². The zero-order valence-corrected chi connectivity index (χ0v) is 11.6. The molecule has 0 radical (unpaired) electrons. The summed E-state index contributed by atoms with van der Waals surface area (Å²) in [4.78, 5) is 0. The Hall–Kier alpha value is -2.01. The molecule has 2 rings (SSSR count). The maximum Gasteiger partial charge on any atom is 0.201 e. The van der Waals surface area contributed by atoms with Crippen LogP contribution in [0.15, 0.2) is 36.4 Å². The standard InChI is InChI=1S/C16H16F3NO/c1-10-12(17)9-14(16(19)15(10)18)21-13(7-8-20)11-5-3-2-4-6-11/h2-6,9,13H,7-8,20H2,1H3. The lowest BCUT2D eigenvalue weighted by atomic mass is 10.1. The normalized spacial score (nSPS) is 12.2. The average molecular weight is 295 g/mol. The molecule has 0 aliphatic rings. The van der Waals surface area contributed by atoms with Gasteiger partial charge in [0.05, 0.1) is 0 Å². The van der Waals surface area contributed by atoms with E-state index in [1.54, 1.807) is 24.3 Å². The minimum Gasteiger partial charge on any atom is -0.482 e. The molecule has 2 N–H and O–H groups in total. The van der Waals surface area contributed by atoms with E-state index >= 15 is 0 Å². The summed E-state index contributed by atoms with van der Waals surface area (Å²) in [5.41, 5.74) is 5.92. The maximum atomic E-state index is 13.9. The van der Waals surface area contributed by atoms with E-state index in [1.165, 1.54) is 6.92 Å². The molecule has 0 amide bonds. The summed E-state index contributed by atoms with van der Waals surface area (Å²) in [6.45, 7) is 1.48. The van der Waals surface area contributed by atoms with Crippen LogP contribution in [0.3, 0.4) is 0 Å². The van der Waals surface area contributed by atoms with Crippen LogP contribution in [0.1, 0.15) is 23.7 Å². The van der Waals surface area contributed by atoms with Gasteiger partial charge in [-0.1, -0.05) is 30.3 Å². The van der Waals surface area contributed by atoms with Gasteiger partial charge in [0, 0.05) is 18.1 Å². The summed E-state index contributed by atoms with van der Waals surface area (Å²) in [6.07, 6.45) is -0.159. The fourth-order valence-corrected chi connectivity index (χ4v) is 2.02. The fraction of sp³-hybridized carbons (Fsp3) is 0.250. The molecular formula is C16H16F3NO. The molecule has 0 aliphatic heterocycles. The first-order valence-corrected chi connectivity index (χ1v) is 6.60. The molecule has 0 bridgehead atoms. The molecule has 0 aromatic heterocycles. The van der Waals surface area contributed by atoms with E-state index in [-0.39, 0.29) is 5.56 Å². The van der Waals surface area contributed by atoms with Crippen LogP contribution in [0.25, 0.3) is 0 Å². The number of hydrogen-bond acceptors (Lipinski definition) is 2. The minimum absolute atomic E-state index is 0.304. The molecule has 0 saturated heterocycles. The van der Waals surface area contributed by atoms with Crippen molar-refractivity contribution in [3.63, 3.8) is 0 Å². The number of nitrogens with two attached hydrogens (primary N) is 1. The highest BCUT2D eigenvalue weighted by Crippen LogP contribution is 2.30. The van der Waals surface area contributed by atoms with Crippen LogP contribution in [-0.2, 0) is 0 Å². The largest absolute Gasteiger partial charge is 0.482 e. The van der Waals surface area contributed by atoms with Crippen LogP contribution in [0.2, 0.25) is 0 Å². The van der Waals surface area contributed by atoms with Crippen molar-refractivity contribution in [2.24, 2.45) is 5.73 Å². The van der Waals surface area contributed by atoms with Crippen molar-refractivity contribution in [1.29, 1.82) is 0 Å². The Morgan fingerprint density at radius 1 is 1.10 bits per heavy atom. The average Bonchev–Trinajstić information content (AvgIpc) is 2.50. The van der Waals surface area contributed by atoms with E-state index in [2.05, 4.69) is 0 Å². The summed E-state index contributed by atoms with van der Waals surface area (Å²) in [5.74, 6) is -3.71. The first-order valence-electron chi connectivity index (χ1n) is 6.60. The second-order valence-corrected chi connectivity index (χ2v) is 4.70. The topological polar surface area (TPSA) is 35.2 Å². The molecule has 21 heavy (non-hydrogen) atoms. The lowest BCUT2D eigenvalue weighted by molar-refractivity contribution is 0.185. The van der Waals surface area contributed by atoms with Crippen LogP contribution < -0.4 is 10.5 Å². The summed E-state index contributed by atoms with van der Waals surface area (Å²) in [5, 5.41) is 0. The van der Waals surface area contributed by atoms with Crippen LogP contribution in [-0.4, -0.2) is 6.54 Å². The number of benzene rings is 2. The lowest BCUT2D eigenvalue weighted by Gasteiger charge is -2.20. The maximum absolute atomic E-state index is 13.9. The van der Waals surface area contributed by atoms with Crippen molar-refractivity contribution < 1.29 is 17.9 Å². The highest BCUT2D eigenvalue weighted by molar-refractivity contribution is 5.32. The minimum atomic E-state index is -1.23. The van der Waals surface area contributed by atoms with Crippen LogP contribution in [0.5, 0.6) is 5.75 Å². The van der Waals surface area contributed by atoms with E-state index in [0.717, 1.165) is 11.6 Å². The monoisotopic (exact) mass is 295 g/mol. The Kier molecular flexibility index (Phi) is 4.85. The highest BCUT2D eigenvalue weighted by Gasteiger charge is 2.20. The summed E-state index contributed by atoms with van der Waals surface area (Å²) < 4.78 is 46.4.